The monoisotopic (exact) mass is 309 g/mol. The molecule has 23 heavy (non-hydrogen) atoms. The zero-order chi connectivity index (χ0) is 16.4. The normalized spacial score (nSPS) is 11.5. The first-order chi connectivity index (χ1) is 11.0. The summed E-state index contributed by atoms with van der Waals surface area (Å²) in [6.07, 6.45) is 1.71. The Morgan fingerprint density at radius 1 is 1.09 bits per heavy atom. The number of rotatable bonds is 4. The van der Waals surface area contributed by atoms with E-state index in [1.807, 2.05) is 42.5 Å². The first kappa shape index (κ1) is 15.2. The number of para-hydroxylation sites is 1. The molecule has 0 aliphatic heterocycles. The molecule has 0 aliphatic rings. The lowest BCUT2D eigenvalue weighted by atomic mass is 9.95. The first-order valence-corrected chi connectivity index (χ1v) is 7.38. The van der Waals surface area contributed by atoms with E-state index in [1.54, 1.807) is 27.2 Å². The predicted molar refractivity (Wildman–Crippen MR) is 91.1 cm³/mol. The van der Waals surface area contributed by atoms with Gasteiger partial charge in [0.05, 0.1) is 23.6 Å². The lowest BCUT2D eigenvalue weighted by Gasteiger charge is -2.20. The minimum absolute atomic E-state index is 0.474. The maximum absolute atomic E-state index is 10.4. The summed E-state index contributed by atoms with van der Waals surface area (Å²) in [5.74, 6) is 1.15. The van der Waals surface area contributed by atoms with Gasteiger partial charge < -0.3 is 15.2 Å². The van der Waals surface area contributed by atoms with Crippen LogP contribution in [0.25, 0.3) is 10.9 Å². The SMILES string of the molecule is COc1ccc(C(C)(C)O)c2nc(Nc3ccccc3)ncc12. The topological polar surface area (TPSA) is 67.3 Å². The van der Waals surface area contributed by atoms with Crippen molar-refractivity contribution in [1.82, 2.24) is 9.97 Å². The zero-order valence-electron chi connectivity index (χ0n) is 13.4. The molecule has 0 spiro atoms. The molecule has 0 radical (unpaired) electrons. The molecule has 0 atom stereocenters. The second-order valence-electron chi connectivity index (χ2n) is 5.82. The minimum atomic E-state index is -1.01. The minimum Gasteiger partial charge on any atom is -0.496 e. The first-order valence-electron chi connectivity index (χ1n) is 7.38. The summed E-state index contributed by atoms with van der Waals surface area (Å²) in [4.78, 5) is 8.93. The average molecular weight is 309 g/mol. The molecule has 1 aromatic heterocycles. The maximum atomic E-state index is 10.4. The van der Waals surface area contributed by atoms with Crippen LogP contribution in [0.3, 0.4) is 0 Å². The van der Waals surface area contributed by atoms with Gasteiger partial charge in [0.25, 0.3) is 0 Å². The van der Waals surface area contributed by atoms with Crippen LogP contribution < -0.4 is 10.1 Å². The molecule has 5 heteroatoms. The Hall–Kier alpha value is -2.66. The number of nitrogens with zero attached hydrogens (tertiary/aromatic N) is 2. The maximum Gasteiger partial charge on any atom is 0.227 e. The molecular weight excluding hydrogens is 290 g/mol. The molecule has 3 aromatic rings. The van der Waals surface area contributed by atoms with Crippen molar-refractivity contribution in [3.05, 3.63) is 54.2 Å². The number of nitrogens with one attached hydrogen (secondary N) is 1. The highest BCUT2D eigenvalue weighted by Gasteiger charge is 2.22. The van der Waals surface area contributed by atoms with Crippen LogP contribution in [0.2, 0.25) is 0 Å². The number of hydrogen-bond acceptors (Lipinski definition) is 5. The second kappa shape index (κ2) is 5.85. The smallest absolute Gasteiger partial charge is 0.227 e. The van der Waals surface area contributed by atoms with Crippen molar-refractivity contribution < 1.29 is 9.84 Å². The van der Waals surface area contributed by atoms with E-state index in [-0.39, 0.29) is 0 Å². The molecule has 0 fully saturated rings. The molecule has 118 valence electrons. The van der Waals surface area contributed by atoms with Crippen LogP contribution in [0.4, 0.5) is 11.6 Å². The van der Waals surface area contributed by atoms with Crippen molar-refractivity contribution >= 4 is 22.5 Å². The Morgan fingerprint density at radius 2 is 1.83 bits per heavy atom. The van der Waals surface area contributed by atoms with Crippen LogP contribution in [0, 0.1) is 0 Å². The van der Waals surface area contributed by atoms with Gasteiger partial charge in [-0.15, -0.1) is 0 Å². The number of fused-ring (bicyclic) bond motifs is 1. The number of hydrogen-bond donors (Lipinski definition) is 2. The molecule has 0 saturated heterocycles. The summed E-state index contributed by atoms with van der Waals surface area (Å²) < 4.78 is 5.37. The largest absolute Gasteiger partial charge is 0.496 e. The van der Waals surface area contributed by atoms with E-state index >= 15 is 0 Å². The van der Waals surface area contributed by atoms with E-state index in [9.17, 15) is 5.11 Å². The van der Waals surface area contributed by atoms with Gasteiger partial charge >= 0.3 is 0 Å². The number of benzene rings is 2. The summed E-state index contributed by atoms with van der Waals surface area (Å²) in [6, 6.07) is 13.4. The molecule has 2 N–H and O–H groups in total. The number of ether oxygens (including phenoxy) is 1. The highest BCUT2D eigenvalue weighted by molar-refractivity contribution is 5.88. The summed E-state index contributed by atoms with van der Waals surface area (Å²) in [7, 11) is 1.61. The van der Waals surface area contributed by atoms with E-state index < -0.39 is 5.60 Å². The van der Waals surface area contributed by atoms with Crippen LogP contribution in [-0.2, 0) is 5.60 Å². The number of aliphatic hydroxyl groups is 1. The van der Waals surface area contributed by atoms with Gasteiger partial charge in [-0.05, 0) is 32.0 Å². The van der Waals surface area contributed by atoms with Crippen molar-refractivity contribution in [2.75, 3.05) is 12.4 Å². The third-order valence-electron chi connectivity index (χ3n) is 3.62. The standard InChI is InChI=1S/C18H19N3O2/c1-18(2,22)14-9-10-15(23-3)13-11-19-17(21-16(13)14)20-12-7-5-4-6-8-12/h4-11,22H,1-3H3,(H,19,20,21). The molecule has 5 nitrogen and oxygen atoms in total. The Balaban J connectivity index is 2.13. The van der Waals surface area contributed by atoms with Gasteiger partial charge in [0.2, 0.25) is 5.95 Å². The van der Waals surface area contributed by atoms with E-state index in [0.717, 1.165) is 16.6 Å². The fraction of sp³-hybridized carbons (Fsp3) is 0.222. The quantitative estimate of drug-likeness (QED) is 0.770. The average Bonchev–Trinajstić information content (AvgIpc) is 2.53. The fourth-order valence-corrected chi connectivity index (χ4v) is 2.48. The Morgan fingerprint density at radius 3 is 2.48 bits per heavy atom. The van der Waals surface area contributed by atoms with Crippen molar-refractivity contribution in [2.45, 2.75) is 19.4 Å². The highest BCUT2D eigenvalue weighted by atomic mass is 16.5. The molecule has 0 bridgehead atoms. The molecule has 0 amide bonds. The van der Waals surface area contributed by atoms with E-state index in [2.05, 4.69) is 15.3 Å². The summed E-state index contributed by atoms with van der Waals surface area (Å²) >= 11 is 0. The van der Waals surface area contributed by atoms with Gasteiger partial charge in [0.1, 0.15) is 5.75 Å². The molecule has 0 unspecified atom stereocenters. The van der Waals surface area contributed by atoms with Gasteiger partial charge in [-0.1, -0.05) is 24.3 Å². The van der Waals surface area contributed by atoms with Gasteiger partial charge in [-0.3, -0.25) is 0 Å². The zero-order valence-corrected chi connectivity index (χ0v) is 13.4. The summed E-state index contributed by atoms with van der Waals surface area (Å²) in [5.41, 5.74) is 1.29. The van der Waals surface area contributed by atoms with Gasteiger partial charge in [0.15, 0.2) is 0 Å². The second-order valence-corrected chi connectivity index (χ2v) is 5.82. The lowest BCUT2D eigenvalue weighted by Crippen LogP contribution is -2.17. The Kier molecular flexibility index (Phi) is 3.88. The lowest BCUT2D eigenvalue weighted by molar-refractivity contribution is 0.0800. The fourth-order valence-electron chi connectivity index (χ4n) is 2.48. The molecular formula is C18H19N3O2. The van der Waals surface area contributed by atoms with Crippen LogP contribution in [-0.4, -0.2) is 22.2 Å². The molecule has 1 heterocycles. The predicted octanol–water partition coefficient (Wildman–Crippen LogP) is 3.61. The Bertz CT molecular complexity index is 827. The number of methoxy groups -OCH3 is 1. The van der Waals surface area contributed by atoms with Gasteiger partial charge in [0, 0.05) is 17.4 Å². The number of anilines is 2. The van der Waals surface area contributed by atoms with Crippen LogP contribution >= 0.6 is 0 Å². The van der Waals surface area contributed by atoms with Crippen LogP contribution in [0.5, 0.6) is 5.75 Å². The molecule has 0 aliphatic carbocycles. The van der Waals surface area contributed by atoms with Crippen LogP contribution in [0.1, 0.15) is 19.4 Å². The van der Waals surface area contributed by atoms with E-state index in [0.29, 0.717) is 17.2 Å². The van der Waals surface area contributed by atoms with Crippen LogP contribution in [0.15, 0.2) is 48.7 Å². The highest BCUT2D eigenvalue weighted by Crippen LogP contribution is 2.33. The van der Waals surface area contributed by atoms with Crippen molar-refractivity contribution in [2.24, 2.45) is 0 Å². The molecule has 0 saturated carbocycles. The summed E-state index contributed by atoms with van der Waals surface area (Å²) in [5, 5.41) is 14.3. The van der Waals surface area contributed by atoms with E-state index in [4.69, 9.17) is 4.74 Å². The van der Waals surface area contributed by atoms with E-state index in [1.165, 1.54) is 0 Å². The number of aromatic nitrogens is 2. The molecule has 3 rings (SSSR count). The van der Waals surface area contributed by atoms with Gasteiger partial charge in [-0.25, -0.2) is 9.97 Å². The third-order valence-corrected chi connectivity index (χ3v) is 3.62. The summed E-state index contributed by atoms with van der Waals surface area (Å²) in [6.45, 7) is 3.47. The Labute approximate surface area is 135 Å². The van der Waals surface area contributed by atoms with Gasteiger partial charge in [-0.2, -0.15) is 0 Å². The molecule has 2 aromatic carbocycles. The third kappa shape index (κ3) is 3.10. The van der Waals surface area contributed by atoms with Crippen molar-refractivity contribution in [3.63, 3.8) is 0 Å². The van der Waals surface area contributed by atoms with Crippen molar-refractivity contribution in [3.8, 4) is 5.75 Å². The van der Waals surface area contributed by atoms with Crippen molar-refractivity contribution in [1.29, 1.82) is 0 Å².